The maximum Gasteiger partial charge on any atom is -0.0287 e. The average molecular weight is 122 g/mol. The van der Waals surface area contributed by atoms with E-state index in [0.29, 0.717) is 5.92 Å². The third kappa shape index (κ3) is 7.22. The average Bonchev–Trinajstić information content (AvgIpc) is 1.80. The lowest BCUT2D eigenvalue weighted by molar-refractivity contribution is 0.832. The third-order valence-electron chi connectivity index (χ3n) is 0.854. The number of allylic oxidation sites excluding steroid dienone is 5. The Bertz CT molecular complexity index is 116. The first-order valence-electron chi connectivity index (χ1n) is 3.23. The molecule has 0 aliphatic rings. The van der Waals surface area contributed by atoms with Crippen molar-refractivity contribution in [1.29, 1.82) is 0 Å². The maximum absolute atomic E-state index is 3.56. The number of hydrogen-bond donors (Lipinski definition) is 0. The summed E-state index contributed by atoms with van der Waals surface area (Å²) in [6.07, 6.45) is 9.84. The Morgan fingerprint density at radius 3 is 2.22 bits per heavy atom. The van der Waals surface area contributed by atoms with Crippen LogP contribution in [0.2, 0.25) is 0 Å². The Hall–Kier alpha value is -0.780. The van der Waals surface area contributed by atoms with Gasteiger partial charge in [0, 0.05) is 0 Å². The first-order valence-corrected chi connectivity index (χ1v) is 3.23. The molecule has 0 saturated heterocycles. The Kier molecular flexibility index (Phi) is 4.89. The van der Waals surface area contributed by atoms with Crippen LogP contribution in [0.4, 0.5) is 0 Å². The normalized spacial score (nSPS) is 11.9. The largest absolute Gasteiger partial charge is 0.0991 e. The lowest BCUT2D eigenvalue weighted by Crippen LogP contribution is -1.74. The van der Waals surface area contributed by atoms with Gasteiger partial charge in [0.25, 0.3) is 0 Å². The van der Waals surface area contributed by atoms with Crippen molar-refractivity contribution in [1.82, 2.24) is 0 Å². The summed E-state index contributed by atoms with van der Waals surface area (Å²) in [6, 6.07) is 0. The van der Waals surface area contributed by atoms with Crippen LogP contribution in [0.15, 0.2) is 37.0 Å². The minimum Gasteiger partial charge on any atom is -0.0991 e. The van der Waals surface area contributed by atoms with E-state index in [1.165, 1.54) is 0 Å². The molecule has 0 nitrogen and oxygen atoms in total. The van der Waals surface area contributed by atoms with E-state index in [4.69, 9.17) is 0 Å². The topological polar surface area (TPSA) is 0 Å². The molecule has 0 fully saturated rings. The van der Waals surface area contributed by atoms with Crippen LogP contribution in [0.5, 0.6) is 0 Å². The van der Waals surface area contributed by atoms with Gasteiger partial charge in [-0.1, -0.05) is 50.8 Å². The van der Waals surface area contributed by atoms with Gasteiger partial charge in [-0.25, -0.2) is 0 Å². The van der Waals surface area contributed by atoms with Gasteiger partial charge in [-0.2, -0.15) is 0 Å². The number of hydrogen-bond acceptors (Lipinski definition) is 0. The minimum atomic E-state index is 0.638. The van der Waals surface area contributed by atoms with E-state index in [-0.39, 0.29) is 0 Å². The molecular weight excluding hydrogens is 108 g/mol. The smallest absolute Gasteiger partial charge is 0.0287 e. The van der Waals surface area contributed by atoms with Crippen LogP contribution < -0.4 is 0 Å². The molecule has 0 heteroatoms. The second-order valence-electron chi connectivity index (χ2n) is 2.25. The fourth-order valence-corrected chi connectivity index (χ4v) is 0.429. The van der Waals surface area contributed by atoms with Gasteiger partial charge in [0.2, 0.25) is 0 Å². The van der Waals surface area contributed by atoms with Crippen molar-refractivity contribution < 1.29 is 0 Å². The molecule has 0 aliphatic carbocycles. The maximum atomic E-state index is 3.56. The van der Waals surface area contributed by atoms with Crippen molar-refractivity contribution in [2.24, 2.45) is 5.92 Å². The van der Waals surface area contributed by atoms with Crippen LogP contribution in [0.3, 0.4) is 0 Å². The summed E-state index contributed by atoms with van der Waals surface area (Å²) in [7, 11) is 0. The van der Waals surface area contributed by atoms with Crippen LogP contribution in [-0.4, -0.2) is 0 Å². The predicted octanol–water partition coefficient (Wildman–Crippen LogP) is 2.94. The highest BCUT2D eigenvalue weighted by Crippen LogP contribution is 1.92. The van der Waals surface area contributed by atoms with Gasteiger partial charge in [0.05, 0.1) is 0 Å². The van der Waals surface area contributed by atoms with Gasteiger partial charge >= 0.3 is 0 Å². The molecule has 0 aromatic heterocycles. The fraction of sp³-hybridized carbons (Fsp3) is 0.333. The first kappa shape index (κ1) is 8.22. The SMILES string of the molecule is C=CC=C/C=C/C(C)C. The van der Waals surface area contributed by atoms with Crippen LogP contribution in [0.1, 0.15) is 13.8 Å². The summed E-state index contributed by atoms with van der Waals surface area (Å²) in [4.78, 5) is 0. The molecule has 0 spiro atoms. The van der Waals surface area contributed by atoms with Crippen molar-refractivity contribution in [2.45, 2.75) is 13.8 Å². The Morgan fingerprint density at radius 1 is 1.11 bits per heavy atom. The second kappa shape index (κ2) is 5.36. The van der Waals surface area contributed by atoms with E-state index in [2.05, 4.69) is 26.5 Å². The monoisotopic (exact) mass is 122 g/mol. The van der Waals surface area contributed by atoms with Crippen LogP contribution in [0.25, 0.3) is 0 Å². The molecule has 0 amide bonds. The van der Waals surface area contributed by atoms with Gasteiger partial charge in [0.1, 0.15) is 0 Å². The molecule has 0 saturated carbocycles. The van der Waals surface area contributed by atoms with Gasteiger partial charge < -0.3 is 0 Å². The van der Waals surface area contributed by atoms with Crippen molar-refractivity contribution in [3.63, 3.8) is 0 Å². The van der Waals surface area contributed by atoms with E-state index in [1.54, 1.807) is 6.08 Å². The highest BCUT2D eigenvalue weighted by atomic mass is 13.8. The molecule has 0 N–H and O–H groups in total. The highest BCUT2D eigenvalue weighted by Gasteiger charge is 1.78. The molecule has 0 atom stereocenters. The first-order chi connectivity index (χ1) is 4.27. The zero-order chi connectivity index (χ0) is 7.11. The molecule has 0 aliphatic heterocycles. The lowest BCUT2D eigenvalue weighted by Gasteiger charge is -1.88. The number of rotatable bonds is 3. The Morgan fingerprint density at radius 2 is 1.78 bits per heavy atom. The molecular formula is C9H14. The quantitative estimate of drug-likeness (QED) is 0.505. The van der Waals surface area contributed by atoms with Gasteiger partial charge in [-0.3, -0.25) is 0 Å². The van der Waals surface area contributed by atoms with Crippen LogP contribution >= 0.6 is 0 Å². The van der Waals surface area contributed by atoms with E-state index < -0.39 is 0 Å². The van der Waals surface area contributed by atoms with E-state index in [1.807, 2.05) is 18.2 Å². The van der Waals surface area contributed by atoms with E-state index >= 15 is 0 Å². The van der Waals surface area contributed by atoms with Crippen molar-refractivity contribution in [2.75, 3.05) is 0 Å². The molecule has 0 aromatic rings. The molecule has 50 valence electrons. The van der Waals surface area contributed by atoms with Crippen LogP contribution in [0, 0.1) is 5.92 Å². The molecule has 0 radical (unpaired) electrons. The molecule has 0 aromatic carbocycles. The summed E-state index contributed by atoms with van der Waals surface area (Å²) in [5, 5.41) is 0. The van der Waals surface area contributed by atoms with Gasteiger partial charge in [-0.05, 0) is 5.92 Å². The second-order valence-corrected chi connectivity index (χ2v) is 2.25. The molecule has 9 heavy (non-hydrogen) atoms. The zero-order valence-electron chi connectivity index (χ0n) is 6.17. The van der Waals surface area contributed by atoms with Crippen LogP contribution in [-0.2, 0) is 0 Å². The van der Waals surface area contributed by atoms with Crippen molar-refractivity contribution in [3.8, 4) is 0 Å². The van der Waals surface area contributed by atoms with Crippen molar-refractivity contribution in [3.05, 3.63) is 37.0 Å². The molecule has 0 heterocycles. The highest BCUT2D eigenvalue weighted by molar-refractivity contribution is 5.09. The van der Waals surface area contributed by atoms with E-state index in [0.717, 1.165) is 0 Å². The standard InChI is InChI=1S/C9H14/c1-4-5-6-7-8-9(2)3/h4-9H,1H2,2-3H3/b6-5?,8-7+. The Balaban J connectivity index is 3.46. The minimum absolute atomic E-state index is 0.638. The van der Waals surface area contributed by atoms with Gasteiger partial charge in [-0.15, -0.1) is 0 Å². The van der Waals surface area contributed by atoms with Crippen molar-refractivity contribution >= 4 is 0 Å². The summed E-state index contributed by atoms with van der Waals surface area (Å²) in [5.74, 6) is 0.638. The Labute approximate surface area is 57.6 Å². The summed E-state index contributed by atoms with van der Waals surface area (Å²) in [5.41, 5.74) is 0. The molecule has 0 unspecified atom stereocenters. The zero-order valence-corrected chi connectivity index (χ0v) is 6.17. The summed E-state index contributed by atoms with van der Waals surface area (Å²) < 4.78 is 0. The predicted molar refractivity (Wildman–Crippen MR) is 43.3 cm³/mol. The summed E-state index contributed by atoms with van der Waals surface area (Å²) >= 11 is 0. The summed E-state index contributed by atoms with van der Waals surface area (Å²) in [6.45, 7) is 7.86. The molecule has 0 bridgehead atoms. The third-order valence-corrected chi connectivity index (χ3v) is 0.854. The lowest BCUT2D eigenvalue weighted by atomic mass is 10.2. The van der Waals surface area contributed by atoms with Gasteiger partial charge in [0.15, 0.2) is 0 Å². The fourth-order valence-electron chi connectivity index (χ4n) is 0.429. The van der Waals surface area contributed by atoms with E-state index in [9.17, 15) is 0 Å². The molecule has 0 rings (SSSR count).